The Bertz CT molecular complexity index is 90.2. The molecule has 0 bridgehead atoms. The number of rotatable bonds is 6. The lowest BCUT2D eigenvalue weighted by Gasteiger charge is -1.90. The van der Waals surface area contributed by atoms with Crippen LogP contribution in [0.4, 0.5) is 0 Å². The molecule has 0 saturated heterocycles. The highest BCUT2D eigenvalue weighted by molar-refractivity contribution is 4.79. The number of unbranched alkanes of at least 4 members (excludes halogenated alkanes) is 3. The van der Waals surface area contributed by atoms with Crippen LogP contribution in [-0.4, -0.2) is 0 Å². The maximum Gasteiger partial charge on any atom is -0.0347 e. The first kappa shape index (κ1) is 9.48. The number of allylic oxidation sites excluding steroid dienone is 3. The first-order valence-electron chi connectivity index (χ1n) is 4.10. The molecule has 0 atom stereocenters. The van der Waals surface area contributed by atoms with E-state index in [1.165, 1.54) is 19.3 Å². The van der Waals surface area contributed by atoms with Crippen LogP contribution in [-0.2, 0) is 0 Å². The largest absolute Gasteiger partial charge is 0.0888 e. The summed E-state index contributed by atoms with van der Waals surface area (Å²) in [5.41, 5.74) is 0. The van der Waals surface area contributed by atoms with Gasteiger partial charge in [0.2, 0.25) is 0 Å². The van der Waals surface area contributed by atoms with Crippen molar-refractivity contribution in [3.8, 4) is 0 Å². The van der Waals surface area contributed by atoms with Crippen LogP contribution >= 0.6 is 0 Å². The molecule has 0 spiro atoms. The van der Waals surface area contributed by atoms with Crippen molar-refractivity contribution in [3.05, 3.63) is 24.8 Å². The van der Waals surface area contributed by atoms with E-state index in [0.29, 0.717) is 0 Å². The van der Waals surface area contributed by atoms with Gasteiger partial charge < -0.3 is 0 Å². The Hall–Kier alpha value is -0.520. The van der Waals surface area contributed by atoms with Crippen LogP contribution in [0.1, 0.15) is 39.0 Å². The maximum absolute atomic E-state index is 5.23. The van der Waals surface area contributed by atoms with Crippen molar-refractivity contribution in [2.24, 2.45) is 0 Å². The molecule has 0 aromatic heterocycles. The third kappa shape index (κ3) is 7.48. The van der Waals surface area contributed by atoms with Crippen molar-refractivity contribution in [3.63, 3.8) is 0 Å². The van der Waals surface area contributed by atoms with Gasteiger partial charge in [0.25, 0.3) is 0 Å². The van der Waals surface area contributed by atoms with E-state index < -0.39 is 0 Å². The molecule has 0 amide bonds. The molecule has 0 fully saturated rings. The molecule has 0 unspecified atom stereocenters. The highest BCUT2D eigenvalue weighted by Crippen LogP contribution is 2.00. The summed E-state index contributed by atoms with van der Waals surface area (Å²) in [5, 5.41) is 0. The van der Waals surface area contributed by atoms with Gasteiger partial charge in [-0.3, -0.25) is 0 Å². The third-order valence-corrected chi connectivity index (χ3v) is 1.39. The van der Waals surface area contributed by atoms with Crippen LogP contribution in [0.5, 0.6) is 0 Å². The topological polar surface area (TPSA) is 0 Å². The quantitative estimate of drug-likeness (QED) is 0.388. The fourth-order valence-electron chi connectivity index (χ4n) is 0.809. The fraction of sp³-hybridized carbons (Fsp3) is 0.600. The van der Waals surface area contributed by atoms with Gasteiger partial charge >= 0.3 is 0 Å². The van der Waals surface area contributed by atoms with Crippen molar-refractivity contribution in [1.82, 2.24) is 0 Å². The molecule has 0 heteroatoms. The van der Waals surface area contributed by atoms with Gasteiger partial charge in [-0.2, -0.15) is 0 Å². The maximum atomic E-state index is 5.23. The predicted molar refractivity (Wildman–Crippen MR) is 46.8 cm³/mol. The van der Waals surface area contributed by atoms with Gasteiger partial charge in [0, 0.05) is 0 Å². The van der Waals surface area contributed by atoms with Crippen molar-refractivity contribution >= 4 is 0 Å². The van der Waals surface area contributed by atoms with Crippen LogP contribution in [0, 0.1) is 6.58 Å². The van der Waals surface area contributed by atoms with E-state index >= 15 is 0 Å². The standard InChI is InChI=1S/C10H17/c1-3-5-7-9-10-8-6-4-2/h1,3,6,8H,4-5,7,9-10H2,2H3/b3-1?,8-6+. The SMILES string of the molecule is [CH]=CCCCC/C=C/CC. The second-order valence-electron chi connectivity index (χ2n) is 2.40. The number of hydrogen-bond donors (Lipinski definition) is 0. The van der Waals surface area contributed by atoms with E-state index in [4.69, 9.17) is 6.58 Å². The lowest BCUT2D eigenvalue weighted by molar-refractivity contribution is 0.761. The number of hydrogen-bond acceptors (Lipinski definition) is 0. The van der Waals surface area contributed by atoms with Gasteiger partial charge in [0.15, 0.2) is 0 Å². The summed E-state index contributed by atoms with van der Waals surface area (Å²) in [6.45, 7) is 7.38. The van der Waals surface area contributed by atoms with E-state index in [1.54, 1.807) is 6.08 Å². The average Bonchev–Trinajstić information content (AvgIpc) is 1.97. The highest BCUT2D eigenvalue weighted by Gasteiger charge is 1.80. The first-order valence-corrected chi connectivity index (χ1v) is 4.10. The molecule has 57 valence electrons. The molecule has 0 nitrogen and oxygen atoms in total. The van der Waals surface area contributed by atoms with E-state index in [1.807, 2.05) is 0 Å². The molecule has 0 aromatic carbocycles. The zero-order chi connectivity index (χ0) is 7.66. The summed E-state index contributed by atoms with van der Waals surface area (Å²) in [6, 6.07) is 0. The molecule has 0 heterocycles. The average molecular weight is 137 g/mol. The monoisotopic (exact) mass is 137 g/mol. The Morgan fingerprint density at radius 2 is 1.80 bits per heavy atom. The predicted octanol–water partition coefficient (Wildman–Crippen LogP) is 3.50. The molecule has 0 aliphatic carbocycles. The van der Waals surface area contributed by atoms with Gasteiger partial charge in [0.1, 0.15) is 0 Å². The van der Waals surface area contributed by atoms with Crippen molar-refractivity contribution < 1.29 is 0 Å². The Kier molecular flexibility index (Phi) is 8.04. The van der Waals surface area contributed by atoms with E-state index in [0.717, 1.165) is 12.8 Å². The molecule has 0 aliphatic heterocycles. The summed E-state index contributed by atoms with van der Waals surface area (Å²) in [6.07, 6.45) is 12.1. The zero-order valence-electron chi connectivity index (χ0n) is 6.84. The lowest BCUT2D eigenvalue weighted by atomic mass is 10.2. The summed E-state index contributed by atoms with van der Waals surface area (Å²) in [5.74, 6) is 0. The molecule has 0 N–H and O–H groups in total. The molecule has 1 radical (unpaired) electrons. The normalized spacial score (nSPS) is 10.5. The Labute approximate surface area is 64.6 Å². The molecule has 0 rings (SSSR count). The molecular formula is C10H17. The van der Waals surface area contributed by atoms with Crippen LogP contribution in [0.2, 0.25) is 0 Å². The highest BCUT2D eigenvalue weighted by atomic mass is 13.9. The summed E-state index contributed by atoms with van der Waals surface area (Å²) >= 11 is 0. The fourth-order valence-corrected chi connectivity index (χ4v) is 0.809. The zero-order valence-corrected chi connectivity index (χ0v) is 6.84. The van der Waals surface area contributed by atoms with Crippen LogP contribution in [0.25, 0.3) is 0 Å². The first-order chi connectivity index (χ1) is 4.91. The van der Waals surface area contributed by atoms with Gasteiger partial charge in [0.05, 0.1) is 0 Å². The smallest absolute Gasteiger partial charge is 0.0347 e. The molecule has 0 aliphatic rings. The van der Waals surface area contributed by atoms with Crippen molar-refractivity contribution in [2.45, 2.75) is 39.0 Å². The van der Waals surface area contributed by atoms with Crippen molar-refractivity contribution in [1.29, 1.82) is 0 Å². The van der Waals surface area contributed by atoms with Gasteiger partial charge in [-0.1, -0.05) is 31.7 Å². The van der Waals surface area contributed by atoms with Crippen molar-refractivity contribution in [2.75, 3.05) is 0 Å². The Morgan fingerprint density at radius 1 is 1.10 bits per heavy atom. The van der Waals surface area contributed by atoms with Crippen LogP contribution in [0.3, 0.4) is 0 Å². The minimum absolute atomic E-state index is 1.06. The minimum atomic E-state index is 1.06. The molecule has 10 heavy (non-hydrogen) atoms. The van der Waals surface area contributed by atoms with E-state index in [2.05, 4.69) is 19.1 Å². The summed E-state index contributed by atoms with van der Waals surface area (Å²) in [4.78, 5) is 0. The summed E-state index contributed by atoms with van der Waals surface area (Å²) < 4.78 is 0. The molecule has 0 aromatic rings. The lowest BCUT2D eigenvalue weighted by Crippen LogP contribution is -1.71. The van der Waals surface area contributed by atoms with Crippen LogP contribution < -0.4 is 0 Å². The van der Waals surface area contributed by atoms with E-state index in [-0.39, 0.29) is 0 Å². The van der Waals surface area contributed by atoms with Gasteiger partial charge in [-0.25, -0.2) is 0 Å². The van der Waals surface area contributed by atoms with Gasteiger partial charge in [-0.05, 0) is 32.1 Å². The second-order valence-corrected chi connectivity index (χ2v) is 2.40. The molecule has 0 saturated carbocycles. The summed E-state index contributed by atoms with van der Waals surface area (Å²) in [7, 11) is 0. The second kappa shape index (κ2) is 8.48. The van der Waals surface area contributed by atoms with E-state index in [9.17, 15) is 0 Å². The Morgan fingerprint density at radius 3 is 2.40 bits per heavy atom. The molecular weight excluding hydrogens is 120 g/mol. The third-order valence-electron chi connectivity index (χ3n) is 1.39. The van der Waals surface area contributed by atoms with Crippen LogP contribution in [0.15, 0.2) is 18.2 Å². The minimum Gasteiger partial charge on any atom is -0.0888 e. The van der Waals surface area contributed by atoms with Gasteiger partial charge in [-0.15, -0.1) is 0 Å². The Balaban J connectivity index is 2.89.